The van der Waals surface area contributed by atoms with Crippen LogP contribution in [0, 0.1) is 5.92 Å². The van der Waals surface area contributed by atoms with Crippen LogP contribution >= 0.6 is 0 Å². The molecule has 3 aromatic heterocycles. The molecule has 0 bridgehead atoms. The molecule has 12 heteroatoms. The molecular weight excluding hydrogens is 416 g/mol. The van der Waals surface area contributed by atoms with Crippen LogP contribution in [0.25, 0.3) is 17.4 Å². The molecule has 1 fully saturated rings. The molecule has 0 unspecified atom stereocenters. The summed E-state index contributed by atoms with van der Waals surface area (Å²) in [7, 11) is 0. The largest absolute Gasteiger partial charge is 0.478 e. The molecule has 12 nitrogen and oxygen atoms in total. The van der Waals surface area contributed by atoms with Crippen molar-refractivity contribution in [3.63, 3.8) is 0 Å². The summed E-state index contributed by atoms with van der Waals surface area (Å²) in [5, 5.41) is 16.1. The first-order chi connectivity index (χ1) is 15.5. The second-order valence-corrected chi connectivity index (χ2v) is 7.33. The molecule has 162 valence electrons. The highest BCUT2D eigenvalue weighted by Crippen LogP contribution is 2.24. The minimum atomic E-state index is -0.987. The van der Waals surface area contributed by atoms with Gasteiger partial charge in [0.2, 0.25) is 23.6 Å². The molecule has 1 amide bonds. The normalized spacial score (nSPS) is 13.8. The number of carbonyl (C=O) groups is 2. The van der Waals surface area contributed by atoms with E-state index in [2.05, 4.69) is 25.4 Å². The van der Waals surface area contributed by atoms with Crippen molar-refractivity contribution < 1.29 is 19.1 Å². The number of benzene rings is 1. The van der Waals surface area contributed by atoms with Crippen molar-refractivity contribution in [2.45, 2.75) is 6.54 Å². The van der Waals surface area contributed by atoms with Crippen LogP contribution in [0.1, 0.15) is 15.9 Å². The van der Waals surface area contributed by atoms with Crippen LogP contribution in [0.2, 0.25) is 0 Å². The molecule has 0 aliphatic carbocycles. The van der Waals surface area contributed by atoms with E-state index in [1.165, 1.54) is 22.9 Å². The number of amides is 1. The summed E-state index contributed by atoms with van der Waals surface area (Å²) in [6, 6.07) is 9.84. The summed E-state index contributed by atoms with van der Waals surface area (Å²) >= 11 is 0. The first kappa shape index (κ1) is 19.5. The van der Waals surface area contributed by atoms with Gasteiger partial charge in [0, 0.05) is 19.6 Å². The molecule has 0 saturated carbocycles. The lowest BCUT2D eigenvalue weighted by Crippen LogP contribution is -2.54. The number of carboxylic acid groups (broad SMARTS) is 1. The van der Waals surface area contributed by atoms with Crippen LogP contribution < -0.4 is 16.0 Å². The van der Waals surface area contributed by atoms with Gasteiger partial charge in [-0.25, -0.2) is 4.79 Å². The van der Waals surface area contributed by atoms with Gasteiger partial charge in [0.05, 0.1) is 17.7 Å². The molecule has 32 heavy (non-hydrogen) atoms. The van der Waals surface area contributed by atoms with Gasteiger partial charge in [0.25, 0.3) is 5.78 Å². The zero-order chi connectivity index (χ0) is 22.2. The average Bonchev–Trinajstić information content (AvgIpc) is 3.41. The highest BCUT2D eigenvalue weighted by molar-refractivity contribution is 5.87. The van der Waals surface area contributed by atoms with E-state index in [9.17, 15) is 9.59 Å². The summed E-state index contributed by atoms with van der Waals surface area (Å²) in [6.07, 6.45) is 1.53. The van der Waals surface area contributed by atoms with Crippen molar-refractivity contribution in [3.8, 4) is 11.6 Å². The van der Waals surface area contributed by atoms with Crippen molar-refractivity contribution in [2.24, 2.45) is 5.92 Å². The molecule has 1 saturated heterocycles. The van der Waals surface area contributed by atoms with E-state index in [-0.39, 0.29) is 29.1 Å². The maximum atomic E-state index is 12.4. The molecule has 0 radical (unpaired) electrons. The zero-order valence-electron chi connectivity index (χ0n) is 16.7. The van der Waals surface area contributed by atoms with Crippen LogP contribution in [-0.4, -0.2) is 54.6 Å². The lowest BCUT2D eigenvalue weighted by Gasteiger charge is -2.38. The molecule has 1 aliphatic heterocycles. The number of aromatic carboxylic acids is 1. The lowest BCUT2D eigenvalue weighted by molar-refractivity contribution is -0.125. The lowest BCUT2D eigenvalue weighted by atomic mass is 9.99. The van der Waals surface area contributed by atoms with Gasteiger partial charge in [-0.1, -0.05) is 12.1 Å². The number of nitrogens with one attached hydrogen (secondary N) is 1. The topological polar surface area (TPSA) is 165 Å². The highest BCUT2D eigenvalue weighted by Gasteiger charge is 2.34. The SMILES string of the molecule is Nc1nc(N2CC(C(=O)NCc3ccc(C(=O)O)cc3)C2)nc2nc(-c3ccco3)nn12. The zero-order valence-corrected chi connectivity index (χ0v) is 16.7. The monoisotopic (exact) mass is 434 g/mol. The molecular formula is C20H18N8O4. The fraction of sp³-hybridized carbons (Fsp3) is 0.200. The van der Waals surface area contributed by atoms with Crippen LogP contribution in [0.3, 0.4) is 0 Å². The predicted molar refractivity (Wildman–Crippen MR) is 112 cm³/mol. The summed E-state index contributed by atoms with van der Waals surface area (Å²) in [6.45, 7) is 1.21. The minimum Gasteiger partial charge on any atom is -0.478 e. The number of nitrogen functional groups attached to an aromatic ring is 1. The van der Waals surface area contributed by atoms with Crippen molar-refractivity contribution in [1.82, 2.24) is 29.9 Å². The Bertz CT molecular complexity index is 1290. The van der Waals surface area contributed by atoms with E-state index in [1.54, 1.807) is 24.3 Å². The van der Waals surface area contributed by atoms with Crippen LogP contribution in [0.15, 0.2) is 47.1 Å². The Morgan fingerprint density at radius 2 is 1.94 bits per heavy atom. The number of anilines is 2. The summed E-state index contributed by atoms with van der Waals surface area (Å²) in [4.78, 5) is 38.2. The van der Waals surface area contributed by atoms with Gasteiger partial charge in [0.1, 0.15) is 0 Å². The molecule has 4 N–H and O–H groups in total. The van der Waals surface area contributed by atoms with Gasteiger partial charge in [-0.05, 0) is 29.8 Å². The van der Waals surface area contributed by atoms with E-state index in [0.29, 0.717) is 37.2 Å². The standard InChI is InChI=1S/C20H18N8O4/c21-18-24-19(25-20-23-15(26-28(18)20)14-2-1-7-32-14)27-9-13(10-27)16(29)22-8-11-3-5-12(6-4-11)17(30)31/h1-7,13H,8-10H2,(H,22,29)(H,30,31)(H2,21,23,24,25,26). The quantitative estimate of drug-likeness (QED) is 0.395. The number of carboxylic acids is 1. The van der Waals surface area contributed by atoms with Gasteiger partial charge < -0.3 is 25.5 Å². The van der Waals surface area contributed by atoms with Crippen molar-refractivity contribution >= 4 is 29.6 Å². The molecule has 5 rings (SSSR count). The third-order valence-corrected chi connectivity index (χ3v) is 5.17. The number of rotatable bonds is 6. The Balaban J connectivity index is 1.21. The van der Waals surface area contributed by atoms with Crippen molar-refractivity contribution in [2.75, 3.05) is 23.7 Å². The molecule has 0 atom stereocenters. The Morgan fingerprint density at radius 3 is 2.62 bits per heavy atom. The number of aromatic nitrogens is 5. The molecule has 1 aliphatic rings. The van der Waals surface area contributed by atoms with Gasteiger partial charge in [-0.15, -0.1) is 5.10 Å². The van der Waals surface area contributed by atoms with E-state index >= 15 is 0 Å². The third kappa shape index (κ3) is 3.57. The Hall–Kier alpha value is -4.48. The van der Waals surface area contributed by atoms with E-state index in [4.69, 9.17) is 15.3 Å². The Kier molecular flexibility index (Phi) is 4.66. The van der Waals surface area contributed by atoms with Gasteiger partial charge in [-0.2, -0.15) is 19.5 Å². The molecule has 4 aromatic rings. The molecule has 0 spiro atoms. The van der Waals surface area contributed by atoms with Crippen LogP contribution in [0.4, 0.5) is 11.9 Å². The van der Waals surface area contributed by atoms with Gasteiger partial charge in [0.15, 0.2) is 5.76 Å². The number of carbonyl (C=O) groups excluding carboxylic acids is 1. The Labute approximate surface area is 180 Å². The Morgan fingerprint density at radius 1 is 1.16 bits per heavy atom. The van der Waals surface area contributed by atoms with Crippen LogP contribution in [-0.2, 0) is 11.3 Å². The maximum absolute atomic E-state index is 12.4. The number of furan rings is 1. The summed E-state index contributed by atoms with van der Waals surface area (Å²) in [5.74, 6) is 0.345. The fourth-order valence-electron chi connectivity index (χ4n) is 3.35. The van der Waals surface area contributed by atoms with E-state index < -0.39 is 5.97 Å². The molecule has 1 aromatic carbocycles. The summed E-state index contributed by atoms with van der Waals surface area (Å²) < 4.78 is 6.64. The average molecular weight is 434 g/mol. The van der Waals surface area contributed by atoms with Gasteiger partial charge in [-0.3, -0.25) is 4.79 Å². The van der Waals surface area contributed by atoms with Crippen LogP contribution in [0.5, 0.6) is 0 Å². The smallest absolute Gasteiger partial charge is 0.335 e. The molecule has 4 heterocycles. The van der Waals surface area contributed by atoms with Crippen molar-refractivity contribution in [3.05, 3.63) is 53.8 Å². The van der Waals surface area contributed by atoms with E-state index in [1.807, 2.05) is 4.90 Å². The highest BCUT2D eigenvalue weighted by atomic mass is 16.4. The second kappa shape index (κ2) is 7.65. The minimum absolute atomic E-state index is 0.0970. The maximum Gasteiger partial charge on any atom is 0.335 e. The van der Waals surface area contributed by atoms with Gasteiger partial charge >= 0.3 is 5.97 Å². The van der Waals surface area contributed by atoms with E-state index in [0.717, 1.165) is 5.56 Å². The first-order valence-electron chi connectivity index (χ1n) is 9.77. The second-order valence-electron chi connectivity index (χ2n) is 7.33. The summed E-state index contributed by atoms with van der Waals surface area (Å²) in [5.41, 5.74) is 7.04. The number of fused-ring (bicyclic) bond motifs is 1. The number of hydrogen-bond donors (Lipinski definition) is 3. The number of nitrogens with two attached hydrogens (primary N) is 1. The number of hydrogen-bond acceptors (Lipinski definition) is 9. The first-order valence-corrected chi connectivity index (χ1v) is 9.77. The third-order valence-electron chi connectivity index (χ3n) is 5.17. The fourth-order valence-corrected chi connectivity index (χ4v) is 3.35. The van der Waals surface area contributed by atoms with Crippen molar-refractivity contribution in [1.29, 1.82) is 0 Å². The number of nitrogens with zero attached hydrogens (tertiary/aromatic N) is 6. The predicted octanol–water partition coefficient (Wildman–Crippen LogP) is 0.812.